The highest BCUT2D eigenvalue weighted by molar-refractivity contribution is 5.73. The predicted octanol–water partition coefficient (Wildman–Crippen LogP) is 2.34. The monoisotopic (exact) mass is 354 g/mol. The van der Waals surface area contributed by atoms with Crippen molar-refractivity contribution < 1.29 is 13.7 Å². The zero-order chi connectivity index (χ0) is 17.9. The van der Waals surface area contributed by atoms with Crippen LogP contribution in [0.1, 0.15) is 36.4 Å². The van der Waals surface area contributed by atoms with E-state index in [-0.39, 0.29) is 19.1 Å². The van der Waals surface area contributed by atoms with Crippen molar-refractivity contribution >= 4 is 6.03 Å². The molecule has 0 bridgehead atoms. The van der Waals surface area contributed by atoms with Crippen LogP contribution in [0.2, 0.25) is 0 Å². The minimum atomic E-state index is -0.290. The number of amides is 2. The molecule has 26 heavy (non-hydrogen) atoms. The maximum Gasteiger partial charge on any atom is 0.317 e. The number of carbonyl (C=O) groups is 1. The predicted molar refractivity (Wildman–Crippen MR) is 89.7 cm³/mol. The fourth-order valence-corrected chi connectivity index (χ4v) is 2.41. The molecule has 1 saturated carbocycles. The van der Waals surface area contributed by atoms with E-state index in [1.54, 1.807) is 7.05 Å². The Morgan fingerprint density at radius 3 is 2.85 bits per heavy atom. The van der Waals surface area contributed by atoms with Crippen LogP contribution in [0.3, 0.4) is 0 Å². The van der Waals surface area contributed by atoms with Gasteiger partial charge in [-0.3, -0.25) is 0 Å². The van der Waals surface area contributed by atoms with Crippen molar-refractivity contribution in [1.29, 1.82) is 0 Å². The van der Waals surface area contributed by atoms with Crippen LogP contribution in [0.5, 0.6) is 0 Å². The van der Waals surface area contributed by atoms with Crippen LogP contribution >= 0.6 is 0 Å². The van der Waals surface area contributed by atoms with Crippen molar-refractivity contribution in [3.63, 3.8) is 0 Å². The number of aromatic nitrogens is 4. The Hall–Kier alpha value is -3.23. The van der Waals surface area contributed by atoms with E-state index in [1.807, 2.05) is 30.3 Å². The Bertz CT molecular complexity index is 887. The first kappa shape index (κ1) is 16.2. The van der Waals surface area contributed by atoms with Gasteiger partial charge in [0, 0.05) is 18.5 Å². The summed E-state index contributed by atoms with van der Waals surface area (Å²) in [6.07, 6.45) is 2.18. The van der Waals surface area contributed by atoms with Gasteiger partial charge in [-0.15, -0.1) is 10.2 Å². The smallest absolute Gasteiger partial charge is 0.317 e. The number of nitrogens with zero attached hydrogens (tertiary/aromatic N) is 5. The molecule has 1 N–H and O–H groups in total. The lowest BCUT2D eigenvalue weighted by Gasteiger charge is -2.14. The molecule has 2 amide bonds. The van der Waals surface area contributed by atoms with Crippen molar-refractivity contribution in [2.45, 2.75) is 31.8 Å². The van der Waals surface area contributed by atoms with E-state index in [0.29, 0.717) is 29.4 Å². The molecule has 9 heteroatoms. The number of rotatable bonds is 6. The molecule has 0 atom stereocenters. The van der Waals surface area contributed by atoms with Gasteiger partial charge in [-0.2, -0.15) is 4.98 Å². The summed E-state index contributed by atoms with van der Waals surface area (Å²) < 4.78 is 10.8. The summed E-state index contributed by atoms with van der Waals surface area (Å²) in [7, 11) is 1.65. The van der Waals surface area contributed by atoms with Crippen LogP contribution in [0, 0.1) is 0 Å². The van der Waals surface area contributed by atoms with Gasteiger partial charge in [0.2, 0.25) is 17.7 Å². The second-order valence-electron chi connectivity index (χ2n) is 6.20. The number of hydrogen-bond donors (Lipinski definition) is 1. The summed E-state index contributed by atoms with van der Waals surface area (Å²) in [4.78, 5) is 17.9. The van der Waals surface area contributed by atoms with E-state index in [4.69, 9.17) is 8.94 Å². The van der Waals surface area contributed by atoms with Gasteiger partial charge in [0.1, 0.15) is 6.54 Å². The maximum absolute atomic E-state index is 12.2. The number of carbonyl (C=O) groups excluding carboxylic acids is 1. The van der Waals surface area contributed by atoms with Crippen LogP contribution in [-0.2, 0) is 13.1 Å². The molecule has 1 aliphatic carbocycles. The van der Waals surface area contributed by atoms with Crippen molar-refractivity contribution in [1.82, 2.24) is 30.6 Å². The molecule has 4 rings (SSSR count). The van der Waals surface area contributed by atoms with E-state index < -0.39 is 0 Å². The highest BCUT2D eigenvalue weighted by Crippen LogP contribution is 2.38. The fourth-order valence-electron chi connectivity index (χ4n) is 2.41. The van der Waals surface area contributed by atoms with Crippen molar-refractivity contribution in [2.75, 3.05) is 7.05 Å². The summed E-state index contributed by atoms with van der Waals surface area (Å²) in [6, 6.07) is 9.18. The molecule has 3 aromatic rings. The van der Waals surface area contributed by atoms with E-state index >= 15 is 0 Å². The minimum Gasteiger partial charge on any atom is -0.419 e. The molecule has 0 saturated heterocycles. The van der Waals surface area contributed by atoms with Gasteiger partial charge >= 0.3 is 6.03 Å². The Balaban J connectivity index is 1.30. The third kappa shape index (κ3) is 3.71. The first-order valence-corrected chi connectivity index (χ1v) is 8.38. The highest BCUT2D eigenvalue weighted by atomic mass is 16.5. The van der Waals surface area contributed by atoms with Gasteiger partial charge in [-0.25, -0.2) is 4.79 Å². The molecule has 1 aliphatic rings. The SMILES string of the molecule is CN(Cc1nnc(-c2ccccc2)o1)C(=O)NCc1noc(C2CC2)n1. The molecule has 2 heterocycles. The normalized spacial score (nSPS) is 13.6. The lowest BCUT2D eigenvalue weighted by Crippen LogP contribution is -2.36. The Morgan fingerprint density at radius 1 is 1.27 bits per heavy atom. The van der Waals surface area contributed by atoms with E-state index in [1.165, 1.54) is 4.90 Å². The first-order valence-electron chi connectivity index (χ1n) is 8.38. The van der Waals surface area contributed by atoms with Crippen LogP contribution < -0.4 is 5.32 Å². The summed E-state index contributed by atoms with van der Waals surface area (Å²) in [5, 5.41) is 14.6. The minimum absolute atomic E-state index is 0.200. The molecular weight excluding hydrogens is 336 g/mol. The van der Waals surface area contributed by atoms with E-state index in [0.717, 1.165) is 18.4 Å². The van der Waals surface area contributed by atoms with Crippen molar-refractivity contribution in [3.8, 4) is 11.5 Å². The summed E-state index contributed by atoms with van der Waals surface area (Å²) in [6.45, 7) is 0.406. The number of hydrogen-bond acceptors (Lipinski definition) is 7. The molecule has 2 aromatic heterocycles. The number of nitrogens with one attached hydrogen (secondary N) is 1. The molecule has 1 fully saturated rings. The second kappa shape index (κ2) is 6.95. The highest BCUT2D eigenvalue weighted by Gasteiger charge is 2.29. The topological polar surface area (TPSA) is 110 Å². The largest absolute Gasteiger partial charge is 0.419 e. The molecular formula is C17H18N6O3. The van der Waals surface area contributed by atoms with Crippen LogP contribution in [-0.4, -0.2) is 38.3 Å². The average molecular weight is 354 g/mol. The third-order valence-electron chi connectivity index (χ3n) is 4.01. The summed E-state index contributed by atoms with van der Waals surface area (Å²) >= 11 is 0. The molecule has 9 nitrogen and oxygen atoms in total. The molecule has 1 aromatic carbocycles. The van der Waals surface area contributed by atoms with Gasteiger partial charge in [-0.1, -0.05) is 23.4 Å². The molecule has 0 aliphatic heterocycles. The van der Waals surface area contributed by atoms with Gasteiger partial charge in [-0.05, 0) is 25.0 Å². The van der Waals surface area contributed by atoms with Crippen molar-refractivity contribution in [2.24, 2.45) is 0 Å². The van der Waals surface area contributed by atoms with Crippen LogP contribution in [0.4, 0.5) is 4.79 Å². The lowest BCUT2D eigenvalue weighted by molar-refractivity contribution is 0.201. The van der Waals surface area contributed by atoms with Crippen LogP contribution in [0.15, 0.2) is 39.3 Å². The Kier molecular flexibility index (Phi) is 4.34. The molecule has 134 valence electrons. The van der Waals surface area contributed by atoms with Crippen molar-refractivity contribution in [3.05, 3.63) is 47.9 Å². The van der Waals surface area contributed by atoms with Gasteiger partial charge in [0.05, 0.1) is 6.54 Å². The molecule has 0 spiro atoms. The zero-order valence-electron chi connectivity index (χ0n) is 14.3. The number of benzene rings is 1. The molecule has 0 radical (unpaired) electrons. The Morgan fingerprint density at radius 2 is 2.08 bits per heavy atom. The quantitative estimate of drug-likeness (QED) is 0.723. The van der Waals surface area contributed by atoms with E-state index in [9.17, 15) is 4.79 Å². The fraction of sp³-hybridized carbons (Fsp3) is 0.353. The lowest BCUT2D eigenvalue weighted by atomic mass is 10.2. The van der Waals surface area contributed by atoms with Gasteiger partial charge in [0.25, 0.3) is 0 Å². The Labute approximate surface area is 149 Å². The first-order chi connectivity index (χ1) is 12.7. The summed E-state index contributed by atoms with van der Waals surface area (Å²) in [5.41, 5.74) is 0.835. The second-order valence-corrected chi connectivity index (χ2v) is 6.20. The maximum atomic E-state index is 12.2. The summed E-state index contributed by atoms with van der Waals surface area (Å²) in [5.74, 6) is 2.30. The van der Waals surface area contributed by atoms with E-state index in [2.05, 4.69) is 25.7 Å². The average Bonchev–Trinajstić information content (AvgIpc) is 3.23. The standard InChI is InChI=1S/C17H18N6O3/c1-23(10-14-20-21-16(25-14)11-5-3-2-4-6-11)17(24)18-9-13-19-15(26-22-13)12-7-8-12/h2-6,12H,7-10H2,1H3,(H,18,24). The third-order valence-corrected chi connectivity index (χ3v) is 4.01. The van der Waals surface area contributed by atoms with Crippen LogP contribution in [0.25, 0.3) is 11.5 Å². The zero-order valence-corrected chi connectivity index (χ0v) is 14.3. The molecule has 0 unspecified atom stereocenters. The van der Waals surface area contributed by atoms with Gasteiger partial charge < -0.3 is 19.2 Å². The number of urea groups is 1. The van der Waals surface area contributed by atoms with Gasteiger partial charge in [0.15, 0.2) is 5.82 Å².